The Kier molecular flexibility index (Phi) is 3.10. The molecule has 4 N–H and O–H groups in total. The molecule has 0 aliphatic rings. The number of carbonyl (C=O) groups is 1. The van der Waals surface area contributed by atoms with Crippen LogP contribution in [-0.2, 0) is 4.79 Å². The van der Waals surface area contributed by atoms with Crippen molar-refractivity contribution >= 4 is 11.6 Å². The molecule has 3 heteroatoms. The summed E-state index contributed by atoms with van der Waals surface area (Å²) in [5.74, 6) is -0.883. The van der Waals surface area contributed by atoms with Crippen LogP contribution in [0.4, 0.5) is 5.69 Å². The molecule has 1 unspecified atom stereocenters. The molecule has 0 fully saturated rings. The molecule has 3 nitrogen and oxygen atoms in total. The molecular formula is C14H14N2O. The zero-order valence-corrected chi connectivity index (χ0v) is 9.34. The molecule has 86 valence electrons. The maximum Gasteiger partial charge on any atom is 0.229 e. The summed E-state index contributed by atoms with van der Waals surface area (Å²) in [7, 11) is 0. The van der Waals surface area contributed by atoms with Gasteiger partial charge in [-0.2, -0.15) is 0 Å². The summed E-state index contributed by atoms with van der Waals surface area (Å²) in [6.45, 7) is 0. The molecule has 17 heavy (non-hydrogen) atoms. The Morgan fingerprint density at radius 3 is 2.12 bits per heavy atom. The summed E-state index contributed by atoms with van der Waals surface area (Å²) in [5, 5.41) is 0. The summed E-state index contributed by atoms with van der Waals surface area (Å²) >= 11 is 0. The van der Waals surface area contributed by atoms with Gasteiger partial charge in [-0.25, -0.2) is 0 Å². The van der Waals surface area contributed by atoms with Gasteiger partial charge in [0.25, 0.3) is 0 Å². The van der Waals surface area contributed by atoms with Crippen molar-refractivity contribution in [1.82, 2.24) is 0 Å². The Bertz CT molecular complexity index is 523. The monoisotopic (exact) mass is 226 g/mol. The van der Waals surface area contributed by atoms with E-state index in [1.165, 1.54) is 0 Å². The van der Waals surface area contributed by atoms with Crippen LogP contribution in [-0.4, -0.2) is 5.91 Å². The predicted octanol–water partition coefficient (Wildman–Crippen LogP) is 1.89. The van der Waals surface area contributed by atoms with Gasteiger partial charge in [0.1, 0.15) is 0 Å². The van der Waals surface area contributed by atoms with Crippen LogP contribution in [0.1, 0.15) is 17.0 Å². The van der Waals surface area contributed by atoms with E-state index in [4.69, 9.17) is 11.5 Å². The van der Waals surface area contributed by atoms with E-state index in [0.717, 1.165) is 11.1 Å². The summed E-state index contributed by atoms with van der Waals surface area (Å²) < 4.78 is 0. The van der Waals surface area contributed by atoms with E-state index < -0.39 is 11.8 Å². The van der Waals surface area contributed by atoms with Crippen molar-refractivity contribution in [2.45, 2.75) is 5.92 Å². The van der Waals surface area contributed by atoms with Crippen molar-refractivity contribution in [3.63, 3.8) is 0 Å². The van der Waals surface area contributed by atoms with Gasteiger partial charge in [0.15, 0.2) is 0 Å². The van der Waals surface area contributed by atoms with Crippen LogP contribution in [0.25, 0.3) is 0 Å². The molecule has 2 aromatic rings. The molecule has 0 aliphatic heterocycles. The van der Waals surface area contributed by atoms with Gasteiger partial charge in [-0.3, -0.25) is 4.79 Å². The number of anilines is 1. The highest BCUT2D eigenvalue weighted by Gasteiger charge is 2.21. The van der Waals surface area contributed by atoms with Crippen molar-refractivity contribution in [2.75, 3.05) is 5.73 Å². The van der Waals surface area contributed by atoms with Crippen molar-refractivity contribution in [1.29, 1.82) is 0 Å². The number of rotatable bonds is 3. The minimum absolute atomic E-state index is 0.394. The number of amides is 1. The largest absolute Gasteiger partial charge is 0.398 e. The smallest absolute Gasteiger partial charge is 0.229 e. The Hall–Kier alpha value is -2.29. The molecule has 1 amide bonds. The lowest BCUT2D eigenvalue weighted by molar-refractivity contribution is -0.118. The zero-order chi connectivity index (χ0) is 12.3. The summed E-state index contributed by atoms with van der Waals surface area (Å²) in [4.78, 5) is 11.6. The first-order valence-corrected chi connectivity index (χ1v) is 5.39. The van der Waals surface area contributed by atoms with E-state index in [2.05, 4.69) is 0 Å². The van der Waals surface area contributed by atoms with Crippen LogP contribution < -0.4 is 11.5 Å². The molecule has 1 atom stereocenters. The molecular weight excluding hydrogens is 212 g/mol. The Morgan fingerprint density at radius 2 is 1.53 bits per heavy atom. The highest BCUT2D eigenvalue weighted by molar-refractivity contribution is 5.87. The van der Waals surface area contributed by atoms with Gasteiger partial charge >= 0.3 is 0 Å². The average molecular weight is 226 g/mol. The fraction of sp³-hybridized carbons (Fsp3) is 0.0714. The van der Waals surface area contributed by atoms with Crippen molar-refractivity contribution in [3.05, 3.63) is 65.7 Å². The number of nitrogen functional groups attached to an aromatic ring is 1. The zero-order valence-electron chi connectivity index (χ0n) is 9.34. The van der Waals surface area contributed by atoms with Crippen LogP contribution in [0.3, 0.4) is 0 Å². The van der Waals surface area contributed by atoms with E-state index in [1.807, 2.05) is 48.5 Å². The summed E-state index contributed by atoms with van der Waals surface area (Å²) in [6.07, 6.45) is 0. The normalized spacial score (nSPS) is 12.0. The molecule has 0 heterocycles. The van der Waals surface area contributed by atoms with E-state index >= 15 is 0 Å². The number of carbonyl (C=O) groups excluding carboxylic acids is 1. The minimum Gasteiger partial charge on any atom is -0.398 e. The molecule has 0 bridgehead atoms. The highest BCUT2D eigenvalue weighted by atomic mass is 16.1. The van der Waals surface area contributed by atoms with Crippen molar-refractivity contribution in [2.24, 2.45) is 5.73 Å². The number of benzene rings is 2. The van der Waals surface area contributed by atoms with Crippen molar-refractivity contribution in [3.8, 4) is 0 Å². The second kappa shape index (κ2) is 4.70. The van der Waals surface area contributed by atoms with E-state index in [0.29, 0.717) is 5.69 Å². The maximum atomic E-state index is 11.6. The van der Waals surface area contributed by atoms with Gasteiger partial charge in [0.05, 0.1) is 5.92 Å². The third kappa shape index (κ3) is 2.28. The first kappa shape index (κ1) is 11.2. The van der Waals surface area contributed by atoms with Crippen LogP contribution in [0.2, 0.25) is 0 Å². The SMILES string of the molecule is NC(=O)C(c1ccccc1)c1ccccc1N. The standard InChI is InChI=1S/C14H14N2O/c15-12-9-5-4-8-11(12)13(14(16)17)10-6-2-1-3-7-10/h1-9,13H,15H2,(H2,16,17). The molecule has 0 spiro atoms. The van der Waals surface area contributed by atoms with Crippen molar-refractivity contribution < 1.29 is 4.79 Å². The Labute approximate surface area is 100 Å². The third-order valence-corrected chi connectivity index (χ3v) is 2.72. The lowest BCUT2D eigenvalue weighted by Crippen LogP contribution is -2.23. The number of hydrogen-bond acceptors (Lipinski definition) is 2. The molecule has 2 aromatic carbocycles. The fourth-order valence-electron chi connectivity index (χ4n) is 1.92. The molecule has 0 aliphatic carbocycles. The van der Waals surface area contributed by atoms with Gasteiger partial charge < -0.3 is 11.5 Å². The van der Waals surface area contributed by atoms with E-state index in [9.17, 15) is 4.79 Å². The van der Waals surface area contributed by atoms with Crippen LogP contribution >= 0.6 is 0 Å². The first-order chi connectivity index (χ1) is 8.20. The number of nitrogens with two attached hydrogens (primary N) is 2. The van der Waals surface area contributed by atoms with E-state index in [-0.39, 0.29) is 0 Å². The molecule has 0 radical (unpaired) electrons. The Balaban J connectivity index is 2.51. The second-order valence-corrected chi connectivity index (χ2v) is 3.87. The predicted molar refractivity (Wildman–Crippen MR) is 68.3 cm³/mol. The Morgan fingerprint density at radius 1 is 0.941 bits per heavy atom. The van der Waals surface area contributed by atoms with Gasteiger partial charge in [0, 0.05) is 5.69 Å². The summed E-state index contributed by atoms with van der Waals surface area (Å²) in [6, 6.07) is 16.7. The maximum absolute atomic E-state index is 11.6. The van der Waals surface area contributed by atoms with Crippen LogP contribution in [0.15, 0.2) is 54.6 Å². The van der Waals surface area contributed by atoms with Gasteiger partial charge in [-0.1, -0.05) is 48.5 Å². The first-order valence-electron chi connectivity index (χ1n) is 5.39. The highest BCUT2D eigenvalue weighted by Crippen LogP contribution is 2.28. The van der Waals surface area contributed by atoms with Gasteiger partial charge in [0.2, 0.25) is 5.91 Å². The molecule has 0 aromatic heterocycles. The molecule has 0 saturated heterocycles. The molecule has 0 saturated carbocycles. The quantitative estimate of drug-likeness (QED) is 0.784. The average Bonchev–Trinajstić information content (AvgIpc) is 2.33. The molecule has 2 rings (SSSR count). The second-order valence-electron chi connectivity index (χ2n) is 3.87. The summed E-state index contributed by atoms with van der Waals surface area (Å²) in [5.41, 5.74) is 13.6. The van der Waals surface area contributed by atoms with Crippen LogP contribution in [0.5, 0.6) is 0 Å². The number of para-hydroxylation sites is 1. The fourth-order valence-corrected chi connectivity index (χ4v) is 1.92. The number of primary amides is 1. The number of hydrogen-bond donors (Lipinski definition) is 2. The van der Waals surface area contributed by atoms with Gasteiger partial charge in [-0.15, -0.1) is 0 Å². The van der Waals surface area contributed by atoms with E-state index in [1.54, 1.807) is 6.07 Å². The lowest BCUT2D eigenvalue weighted by atomic mass is 9.90. The minimum atomic E-state index is -0.489. The topological polar surface area (TPSA) is 69.1 Å². The lowest BCUT2D eigenvalue weighted by Gasteiger charge is -2.16. The van der Waals surface area contributed by atoms with Gasteiger partial charge in [-0.05, 0) is 17.2 Å². The van der Waals surface area contributed by atoms with Crippen LogP contribution in [0, 0.1) is 0 Å². The third-order valence-electron chi connectivity index (χ3n) is 2.72.